The summed E-state index contributed by atoms with van der Waals surface area (Å²) >= 11 is 5.83. The molecule has 1 unspecified atom stereocenters. The largest absolute Gasteiger partial charge is 0.482 e. The van der Waals surface area contributed by atoms with Crippen molar-refractivity contribution in [3.63, 3.8) is 0 Å². The summed E-state index contributed by atoms with van der Waals surface area (Å²) in [4.78, 5) is 10.2. The minimum atomic E-state index is -5.04. The van der Waals surface area contributed by atoms with Gasteiger partial charge in [-0.3, -0.25) is 0 Å². The molecule has 0 fully saturated rings. The Morgan fingerprint density at radius 2 is 1.59 bits per heavy atom. The monoisotopic (exact) mass is 673 g/mol. The number of benzene rings is 3. The Morgan fingerprint density at radius 3 is 2.20 bits per heavy atom. The fraction of sp³-hybridized carbons (Fsp3) is 0.367. The van der Waals surface area contributed by atoms with Gasteiger partial charge in [0.25, 0.3) is 0 Å². The topological polar surface area (TPSA) is 107 Å². The molecule has 0 saturated heterocycles. The summed E-state index contributed by atoms with van der Waals surface area (Å²) in [6, 6.07) is 10.5. The van der Waals surface area contributed by atoms with Crippen molar-refractivity contribution < 1.29 is 44.3 Å². The Kier molecular flexibility index (Phi) is 9.47. The van der Waals surface area contributed by atoms with Gasteiger partial charge in [0.1, 0.15) is 11.4 Å². The van der Waals surface area contributed by atoms with E-state index in [1.165, 1.54) is 19.2 Å². The Hall–Kier alpha value is -3.13. The molecule has 1 aliphatic rings. The fourth-order valence-corrected chi connectivity index (χ4v) is 7.90. The molecule has 1 aliphatic carbocycles. The number of carbonyl (C=O) groups excluding carboxylic acids is 1. The molecule has 0 aromatic heterocycles. The molecule has 0 aliphatic heterocycles. The highest BCUT2D eigenvalue weighted by atomic mass is 35.5. The van der Waals surface area contributed by atoms with Crippen LogP contribution in [0.15, 0.2) is 75.4 Å². The molecular formula is C30H31ClF3NO7S2. The Balaban J connectivity index is 1.72. The first kappa shape index (κ1) is 33.8. The van der Waals surface area contributed by atoms with Crippen LogP contribution in [0, 0.1) is 0 Å². The third kappa shape index (κ3) is 7.39. The first-order valence-corrected chi connectivity index (χ1v) is 16.8. The quantitative estimate of drug-likeness (QED) is 0.248. The van der Waals surface area contributed by atoms with Gasteiger partial charge < -0.3 is 9.47 Å². The average Bonchev–Trinajstić information content (AvgIpc) is 2.94. The summed E-state index contributed by atoms with van der Waals surface area (Å²) in [7, 11) is -7.98. The lowest BCUT2D eigenvalue weighted by Crippen LogP contribution is -2.34. The Morgan fingerprint density at radius 1 is 0.955 bits per heavy atom. The van der Waals surface area contributed by atoms with Crippen molar-refractivity contribution in [1.29, 1.82) is 0 Å². The van der Waals surface area contributed by atoms with Gasteiger partial charge >= 0.3 is 12.1 Å². The van der Waals surface area contributed by atoms with Crippen molar-refractivity contribution in [2.24, 2.45) is 0 Å². The highest BCUT2D eigenvalue weighted by Gasteiger charge is 2.38. The summed E-state index contributed by atoms with van der Waals surface area (Å²) in [6.45, 7) is 4.78. The maximum absolute atomic E-state index is 13.9. The normalized spacial score (nSPS) is 16.0. The standard InChI is InChI=1S/C30H31ClF3NO7S2/c1-29(2,3)42-28(36)18-41-27-10-6-7-24-25(27)8-5-9-26(24)35(4)44(39,40)23-16-19(30(32,33)34)15-22(17-23)43(37,38)21-13-11-20(31)12-14-21/h6-7,10-17,26H,5,8-9,18H2,1-4H3. The van der Waals surface area contributed by atoms with Gasteiger partial charge in [-0.1, -0.05) is 23.7 Å². The number of hydrogen-bond donors (Lipinski definition) is 0. The Labute approximate surface area is 259 Å². The molecule has 0 radical (unpaired) electrons. The maximum Gasteiger partial charge on any atom is 0.416 e. The molecule has 0 spiro atoms. The zero-order chi connectivity index (χ0) is 32.7. The van der Waals surface area contributed by atoms with Gasteiger partial charge in [0.05, 0.1) is 26.3 Å². The molecule has 14 heteroatoms. The predicted octanol–water partition coefficient (Wildman–Crippen LogP) is 6.61. The fourth-order valence-electron chi connectivity index (χ4n) is 4.93. The summed E-state index contributed by atoms with van der Waals surface area (Å²) in [5.74, 6) is -0.227. The molecule has 0 saturated carbocycles. The second-order valence-electron chi connectivity index (χ2n) is 11.3. The SMILES string of the molecule is CN(C1CCCc2c(OCC(=O)OC(C)(C)C)cccc21)S(=O)(=O)c1cc(C(F)(F)F)cc(S(=O)(=O)c2ccc(Cl)cc2)c1. The third-order valence-electron chi connectivity index (χ3n) is 6.96. The first-order valence-electron chi connectivity index (χ1n) is 13.5. The molecule has 238 valence electrons. The van der Waals surface area contributed by atoms with Crippen LogP contribution in [0.3, 0.4) is 0 Å². The van der Waals surface area contributed by atoms with E-state index in [0.29, 0.717) is 48.3 Å². The molecular weight excluding hydrogens is 643 g/mol. The molecule has 0 bridgehead atoms. The number of esters is 1. The van der Waals surface area contributed by atoms with Crippen LogP contribution in [0.1, 0.15) is 56.3 Å². The number of nitrogens with zero attached hydrogens (tertiary/aromatic N) is 1. The number of fused-ring (bicyclic) bond motifs is 1. The van der Waals surface area contributed by atoms with E-state index in [9.17, 15) is 34.8 Å². The number of ether oxygens (including phenoxy) is 2. The van der Waals surface area contributed by atoms with E-state index in [1.807, 2.05) is 0 Å². The number of rotatable bonds is 8. The molecule has 0 heterocycles. The molecule has 44 heavy (non-hydrogen) atoms. The third-order valence-corrected chi connectivity index (χ3v) is 10.8. The van der Waals surface area contributed by atoms with Crippen molar-refractivity contribution in [3.05, 3.63) is 82.4 Å². The van der Waals surface area contributed by atoms with Crippen molar-refractivity contribution in [2.45, 2.75) is 72.5 Å². The van der Waals surface area contributed by atoms with E-state index < -0.39 is 59.0 Å². The van der Waals surface area contributed by atoms with Crippen LogP contribution in [-0.4, -0.2) is 46.4 Å². The van der Waals surface area contributed by atoms with Crippen LogP contribution >= 0.6 is 11.6 Å². The van der Waals surface area contributed by atoms with Gasteiger partial charge in [-0.25, -0.2) is 21.6 Å². The highest BCUT2D eigenvalue weighted by Crippen LogP contribution is 2.41. The smallest absolute Gasteiger partial charge is 0.416 e. The van der Waals surface area contributed by atoms with Crippen molar-refractivity contribution >= 4 is 37.4 Å². The molecule has 4 rings (SSSR count). The van der Waals surface area contributed by atoms with Crippen molar-refractivity contribution in [1.82, 2.24) is 4.31 Å². The predicted molar refractivity (Wildman–Crippen MR) is 157 cm³/mol. The lowest BCUT2D eigenvalue weighted by atomic mass is 9.87. The number of alkyl halides is 3. The van der Waals surface area contributed by atoms with E-state index in [-0.39, 0.29) is 16.5 Å². The molecule has 3 aromatic rings. The minimum absolute atomic E-state index is 0.212. The molecule has 8 nitrogen and oxygen atoms in total. The highest BCUT2D eigenvalue weighted by molar-refractivity contribution is 7.91. The molecule has 0 amide bonds. The number of sulfonamides is 1. The lowest BCUT2D eigenvalue weighted by molar-refractivity contribution is -0.157. The first-order chi connectivity index (χ1) is 20.3. The van der Waals surface area contributed by atoms with Crippen LogP contribution in [0.5, 0.6) is 5.75 Å². The summed E-state index contributed by atoms with van der Waals surface area (Å²) < 4.78 is 108. The van der Waals surface area contributed by atoms with Gasteiger partial charge in [-0.15, -0.1) is 0 Å². The number of hydrogen-bond acceptors (Lipinski definition) is 7. The van der Waals surface area contributed by atoms with Gasteiger partial charge in [0.15, 0.2) is 6.61 Å². The second-order valence-corrected chi connectivity index (χ2v) is 15.7. The van der Waals surface area contributed by atoms with E-state index >= 15 is 0 Å². The molecule has 3 aromatic carbocycles. The van der Waals surface area contributed by atoms with E-state index in [2.05, 4.69) is 0 Å². The summed E-state index contributed by atoms with van der Waals surface area (Å²) in [6.07, 6.45) is -3.67. The zero-order valence-corrected chi connectivity index (χ0v) is 26.7. The van der Waals surface area contributed by atoms with E-state index in [0.717, 1.165) is 22.5 Å². The minimum Gasteiger partial charge on any atom is -0.482 e. The van der Waals surface area contributed by atoms with Gasteiger partial charge in [-0.2, -0.15) is 17.5 Å². The van der Waals surface area contributed by atoms with Gasteiger partial charge in [-0.05, 0) is 99.7 Å². The summed E-state index contributed by atoms with van der Waals surface area (Å²) in [5, 5.41) is 0.212. The van der Waals surface area contributed by atoms with Gasteiger partial charge in [0, 0.05) is 12.1 Å². The van der Waals surface area contributed by atoms with Crippen LogP contribution < -0.4 is 4.74 Å². The lowest BCUT2D eigenvalue weighted by Gasteiger charge is -2.33. The summed E-state index contributed by atoms with van der Waals surface area (Å²) in [5.41, 5.74) is -0.924. The van der Waals surface area contributed by atoms with Crippen molar-refractivity contribution in [3.8, 4) is 5.75 Å². The molecule has 1 atom stereocenters. The number of sulfone groups is 1. The zero-order valence-electron chi connectivity index (χ0n) is 24.3. The van der Waals surface area contributed by atoms with Crippen LogP contribution in [0.25, 0.3) is 0 Å². The molecule has 0 N–H and O–H groups in total. The number of carbonyl (C=O) groups is 1. The van der Waals surface area contributed by atoms with Crippen LogP contribution in [0.4, 0.5) is 13.2 Å². The van der Waals surface area contributed by atoms with Crippen molar-refractivity contribution in [2.75, 3.05) is 13.7 Å². The van der Waals surface area contributed by atoms with E-state index in [1.54, 1.807) is 39.0 Å². The Bertz CT molecular complexity index is 1770. The second kappa shape index (κ2) is 12.3. The van der Waals surface area contributed by atoms with Crippen LogP contribution in [-0.2, 0) is 42.0 Å². The van der Waals surface area contributed by atoms with E-state index in [4.69, 9.17) is 21.1 Å². The number of halogens is 4. The average molecular weight is 674 g/mol. The van der Waals surface area contributed by atoms with Crippen LogP contribution in [0.2, 0.25) is 5.02 Å². The van der Waals surface area contributed by atoms with Gasteiger partial charge in [0.2, 0.25) is 19.9 Å². The maximum atomic E-state index is 13.9.